The van der Waals surface area contributed by atoms with Gasteiger partial charge in [0.15, 0.2) is 11.3 Å². The van der Waals surface area contributed by atoms with Crippen molar-refractivity contribution in [1.82, 2.24) is 9.97 Å². The molecule has 0 aliphatic carbocycles. The quantitative estimate of drug-likeness (QED) is 0.323. The largest absolute Gasteiger partial charge is 0.490 e. The first-order valence-electron chi connectivity index (χ1n) is 10.2. The Kier molecular flexibility index (Phi) is 6.40. The molecule has 0 atom stereocenters. The fraction of sp³-hybridized carbons (Fsp3) is 0.160. The Morgan fingerprint density at radius 3 is 2.56 bits per heavy atom. The standard InChI is InChI=1S/C24H20N2O2S.CO2/c1-3-15-8-7-10-18(25-15)19-14-29-24(26-19)17-12-13-21(27-4-2)23-22(17)16-9-5-6-11-20(16)28-23;2-1-3/h5-14H,3-4H2,1-2H3;. The molecule has 3 aromatic heterocycles. The van der Waals surface area contributed by atoms with Crippen LogP contribution in [0.15, 0.2) is 64.4 Å². The summed E-state index contributed by atoms with van der Waals surface area (Å²) in [5.74, 6) is 0.761. The maximum atomic E-state index is 8.12. The second-order valence-corrected chi connectivity index (χ2v) is 7.69. The van der Waals surface area contributed by atoms with Crippen LogP contribution in [-0.4, -0.2) is 22.7 Å². The van der Waals surface area contributed by atoms with Gasteiger partial charge in [0, 0.05) is 27.4 Å². The van der Waals surface area contributed by atoms with Crippen LogP contribution in [0.3, 0.4) is 0 Å². The number of para-hydroxylation sites is 1. The average Bonchev–Trinajstić information content (AvgIpc) is 3.46. The molecule has 5 aromatic rings. The summed E-state index contributed by atoms with van der Waals surface area (Å²) in [4.78, 5) is 25.9. The molecular weight excluding hydrogens is 424 g/mol. The minimum absolute atomic E-state index is 0.250. The number of benzene rings is 2. The van der Waals surface area contributed by atoms with E-state index >= 15 is 0 Å². The molecule has 3 heterocycles. The molecule has 0 unspecified atom stereocenters. The lowest BCUT2D eigenvalue weighted by Gasteiger charge is -2.06. The highest BCUT2D eigenvalue weighted by Gasteiger charge is 2.19. The fourth-order valence-electron chi connectivity index (χ4n) is 3.59. The lowest BCUT2D eigenvalue weighted by Crippen LogP contribution is -1.92. The van der Waals surface area contributed by atoms with Gasteiger partial charge in [-0.25, -0.2) is 4.98 Å². The highest BCUT2D eigenvalue weighted by Crippen LogP contribution is 2.42. The van der Waals surface area contributed by atoms with Crippen molar-refractivity contribution >= 4 is 39.4 Å². The fourth-order valence-corrected chi connectivity index (χ4v) is 4.43. The van der Waals surface area contributed by atoms with Crippen LogP contribution in [0, 0.1) is 0 Å². The zero-order valence-electron chi connectivity index (χ0n) is 17.6. The van der Waals surface area contributed by atoms with Crippen molar-refractivity contribution < 1.29 is 18.7 Å². The third-order valence-corrected chi connectivity index (χ3v) is 5.83. The summed E-state index contributed by atoms with van der Waals surface area (Å²) in [6.45, 7) is 4.68. The monoisotopic (exact) mass is 444 g/mol. The van der Waals surface area contributed by atoms with Gasteiger partial charge in [-0.05, 0) is 43.7 Å². The van der Waals surface area contributed by atoms with Gasteiger partial charge in [-0.3, -0.25) is 4.98 Å². The van der Waals surface area contributed by atoms with E-state index in [1.165, 1.54) is 0 Å². The molecular formula is C25H20N2O4S. The Morgan fingerprint density at radius 1 is 0.969 bits per heavy atom. The molecule has 0 N–H and O–H groups in total. The van der Waals surface area contributed by atoms with Gasteiger partial charge in [-0.2, -0.15) is 9.59 Å². The number of ether oxygens (including phenoxy) is 1. The number of hydrogen-bond acceptors (Lipinski definition) is 7. The molecule has 0 spiro atoms. The molecule has 160 valence electrons. The number of nitrogens with zero attached hydrogens (tertiary/aromatic N) is 2. The van der Waals surface area contributed by atoms with Crippen LogP contribution in [-0.2, 0) is 16.0 Å². The molecule has 0 aliphatic heterocycles. The first kappa shape index (κ1) is 21.4. The maximum absolute atomic E-state index is 8.12. The Morgan fingerprint density at radius 2 is 1.78 bits per heavy atom. The van der Waals surface area contributed by atoms with Crippen LogP contribution in [0.25, 0.3) is 43.9 Å². The van der Waals surface area contributed by atoms with Gasteiger partial charge in [-0.15, -0.1) is 11.3 Å². The van der Waals surface area contributed by atoms with E-state index in [0.29, 0.717) is 6.61 Å². The molecule has 7 heteroatoms. The predicted octanol–water partition coefficient (Wildman–Crippen LogP) is 6.15. The molecule has 0 aliphatic rings. The zero-order valence-corrected chi connectivity index (χ0v) is 18.4. The molecule has 0 bridgehead atoms. The van der Waals surface area contributed by atoms with Crippen LogP contribution in [0.5, 0.6) is 5.75 Å². The van der Waals surface area contributed by atoms with E-state index in [9.17, 15) is 0 Å². The maximum Gasteiger partial charge on any atom is 0.373 e. The van der Waals surface area contributed by atoms with E-state index in [-0.39, 0.29) is 6.15 Å². The van der Waals surface area contributed by atoms with E-state index in [2.05, 4.69) is 24.4 Å². The van der Waals surface area contributed by atoms with E-state index in [1.807, 2.05) is 49.4 Å². The van der Waals surface area contributed by atoms with Crippen LogP contribution >= 0.6 is 11.3 Å². The lowest BCUT2D eigenvalue weighted by molar-refractivity contribution is -0.191. The predicted molar refractivity (Wildman–Crippen MR) is 124 cm³/mol. The van der Waals surface area contributed by atoms with Gasteiger partial charge in [0.2, 0.25) is 0 Å². The Bertz CT molecular complexity index is 1410. The molecule has 2 aromatic carbocycles. The second-order valence-electron chi connectivity index (χ2n) is 6.84. The van der Waals surface area contributed by atoms with Crippen molar-refractivity contribution in [2.45, 2.75) is 20.3 Å². The van der Waals surface area contributed by atoms with Crippen molar-refractivity contribution in [1.29, 1.82) is 0 Å². The number of carbonyl (C=O) groups excluding carboxylic acids is 2. The van der Waals surface area contributed by atoms with E-state index < -0.39 is 0 Å². The van der Waals surface area contributed by atoms with Crippen molar-refractivity contribution in [3.8, 4) is 27.7 Å². The summed E-state index contributed by atoms with van der Waals surface area (Å²) in [6, 6.07) is 18.2. The van der Waals surface area contributed by atoms with Gasteiger partial charge >= 0.3 is 6.15 Å². The van der Waals surface area contributed by atoms with Gasteiger partial charge in [0.25, 0.3) is 0 Å². The third-order valence-electron chi connectivity index (χ3n) is 4.96. The Balaban J connectivity index is 0.000000775. The topological polar surface area (TPSA) is 82.3 Å². The molecule has 0 saturated heterocycles. The van der Waals surface area contributed by atoms with Crippen LogP contribution < -0.4 is 4.74 Å². The minimum Gasteiger partial charge on any atom is -0.490 e. The molecule has 0 radical (unpaired) electrons. The summed E-state index contributed by atoms with van der Waals surface area (Å²) in [5, 5.41) is 5.13. The van der Waals surface area contributed by atoms with Crippen molar-refractivity contribution in [3.05, 3.63) is 65.7 Å². The third kappa shape index (κ3) is 4.04. The molecule has 5 rings (SSSR count). The zero-order chi connectivity index (χ0) is 22.5. The Hall–Kier alpha value is -3.80. The first-order valence-corrected chi connectivity index (χ1v) is 11.1. The van der Waals surface area contributed by atoms with Crippen LogP contribution in [0.1, 0.15) is 19.5 Å². The normalized spacial score (nSPS) is 10.6. The van der Waals surface area contributed by atoms with Crippen molar-refractivity contribution in [3.63, 3.8) is 0 Å². The number of aromatic nitrogens is 2. The summed E-state index contributed by atoms with van der Waals surface area (Å²) in [5.41, 5.74) is 5.55. The molecule has 0 fully saturated rings. The number of fused-ring (bicyclic) bond motifs is 3. The number of furan rings is 1. The molecule has 32 heavy (non-hydrogen) atoms. The first-order chi connectivity index (χ1) is 15.7. The summed E-state index contributed by atoms with van der Waals surface area (Å²) in [7, 11) is 0. The Labute approximate surface area is 188 Å². The number of aryl methyl sites for hydroxylation is 1. The highest BCUT2D eigenvalue weighted by atomic mass is 32.1. The van der Waals surface area contributed by atoms with Gasteiger partial charge < -0.3 is 9.15 Å². The summed E-state index contributed by atoms with van der Waals surface area (Å²) in [6.07, 6.45) is 1.16. The van der Waals surface area contributed by atoms with E-state index in [1.54, 1.807) is 11.3 Å². The smallest absolute Gasteiger partial charge is 0.373 e. The van der Waals surface area contributed by atoms with Gasteiger partial charge in [0.05, 0.1) is 12.3 Å². The number of pyridine rings is 1. The van der Waals surface area contributed by atoms with E-state index in [4.69, 9.17) is 28.7 Å². The van der Waals surface area contributed by atoms with Crippen LogP contribution in [0.2, 0.25) is 0 Å². The lowest BCUT2D eigenvalue weighted by atomic mass is 10.1. The SMILES string of the molecule is CCOc1ccc(-c2nc(-c3cccc(CC)n3)cs2)c2c1oc1ccccc12.O=C=O. The van der Waals surface area contributed by atoms with Crippen molar-refractivity contribution in [2.75, 3.05) is 6.61 Å². The van der Waals surface area contributed by atoms with Crippen LogP contribution in [0.4, 0.5) is 0 Å². The summed E-state index contributed by atoms with van der Waals surface area (Å²) < 4.78 is 12.0. The van der Waals surface area contributed by atoms with E-state index in [0.717, 1.165) is 61.8 Å². The molecule has 0 amide bonds. The summed E-state index contributed by atoms with van der Waals surface area (Å²) >= 11 is 1.62. The number of rotatable bonds is 5. The average molecular weight is 445 g/mol. The minimum atomic E-state index is 0.250. The van der Waals surface area contributed by atoms with Crippen molar-refractivity contribution in [2.24, 2.45) is 0 Å². The molecule has 6 nitrogen and oxygen atoms in total. The molecule has 0 saturated carbocycles. The van der Waals surface area contributed by atoms with Gasteiger partial charge in [0.1, 0.15) is 16.3 Å². The van der Waals surface area contributed by atoms with Gasteiger partial charge in [-0.1, -0.05) is 31.2 Å². The number of hydrogen-bond donors (Lipinski definition) is 0. The number of thiazole rings is 1. The second kappa shape index (κ2) is 9.56. The highest BCUT2D eigenvalue weighted by molar-refractivity contribution is 7.13.